The zero-order valence-electron chi connectivity index (χ0n) is 13.9. The number of aryl methyl sites for hydroxylation is 1. The van der Waals surface area contributed by atoms with Gasteiger partial charge in [0.15, 0.2) is 0 Å². The van der Waals surface area contributed by atoms with Gasteiger partial charge in [0.2, 0.25) is 5.91 Å². The van der Waals surface area contributed by atoms with E-state index in [0.717, 1.165) is 29.6 Å². The number of hydrogen-bond acceptors (Lipinski definition) is 6. The second kappa shape index (κ2) is 7.72. The zero-order chi connectivity index (χ0) is 16.9. The van der Waals surface area contributed by atoms with Crippen LogP contribution in [0, 0.1) is 0 Å². The summed E-state index contributed by atoms with van der Waals surface area (Å²) in [5.41, 5.74) is 0.720. The second-order valence-corrected chi connectivity index (χ2v) is 7.02. The molecule has 3 rings (SSSR count). The van der Waals surface area contributed by atoms with E-state index in [1.807, 2.05) is 17.5 Å². The fourth-order valence-corrected chi connectivity index (χ4v) is 3.45. The average molecular weight is 346 g/mol. The summed E-state index contributed by atoms with van der Waals surface area (Å²) in [7, 11) is 0. The van der Waals surface area contributed by atoms with Crippen molar-refractivity contribution in [3.05, 3.63) is 34.9 Å². The van der Waals surface area contributed by atoms with Crippen LogP contribution in [-0.2, 0) is 16.0 Å². The van der Waals surface area contributed by atoms with Gasteiger partial charge in [0.05, 0.1) is 29.1 Å². The Labute approximate surface area is 145 Å². The minimum atomic E-state index is -0.0200. The summed E-state index contributed by atoms with van der Waals surface area (Å²) in [4.78, 5) is 22.9. The van der Waals surface area contributed by atoms with Crippen LogP contribution in [0.5, 0.6) is 0 Å². The maximum atomic E-state index is 12.0. The lowest BCUT2D eigenvalue weighted by atomic mass is 10.2. The summed E-state index contributed by atoms with van der Waals surface area (Å²) >= 11 is 1.57. The molecule has 7 heteroatoms. The number of ether oxygens (including phenoxy) is 1. The highest BCUT2D eigenvalue weighted by atomic mass is 32.1. The maximum Gasteiger partial charge on any atom is 0.224 e. The molecule has 2 atom stereocenters. The molecular weight excluding hydrogens is 324 g/mol. The average Bonchev–Trinajstić information content (AvgIpc) is 3.06. The van der Waals surface area contributed by atoms with Gasteiger partial charge in [0, 0.05) is 37.5 Å². The highest BCUT2D eigenvalue weighted by Gasteiger charge is 2.23. The summed E-state index contributed by atoms with van der Waals surface area (Å²) < 4.78 is 5.74. The van der Waals surface area contributed by atoms with Gasteiger partial charge in [0.25, 0.3) is 0 Å². The minimum Gasteiger partial charge on any atom is -0.372 e. The number of hydrogen-bond donors (Lipinski definition) is 1. The molecule has 1 aliphatic rings. The SMILES string of the molecule is C[C@H]1CN(c2ccc(NC(=O)CCc3nccs3)cn2)C[C@H](C)O1. The number of thiazole rings is 1. The van der Waals surface area contributed by atoms with Gasteiger partial charge in [-0.3, -0.25) is 4.79 Å². The normalized spacial score (nSPS) is 20.8. The summed E-state index contributed by atoms with van der Waals surface area (Å²) in [6, 6.07) is 3.84. The van der Waals surface area contributed by atoms with Crippen molar-refractivity contribution in [2.75, 3.05) is 23.3 Å². The van der Waals surface area contributed by atoms with E-state index in [0.29, 0.717) is 12.8 Å². The number of nitrogens with one attached hydrogen (secondary N) is 1. The Morgan fingerprint density at radius 3 is 2.75 bits per heavy atom. The van der Waals surface area contributed by atoms with Gasteiger partial charge in [-0.25, -0.2) is 9.97 Å². The first-order valence-corrected chi connectivity index (χ1v) is 9.03. The highest BCUT2D eigenvalue weighted by Crippen LogP contribution is 2.19. The zero-order valence-corrected chi connectivity index (χ0v) is 14.8. The lowest BCUT2D eigenvalue weighted by molar-refractivity contribution is -0.116. The monoisotopic (exact) mass is 346 g/mol. The van der Waals surface area contributed by atoms with Crippen LogP contribution < -0.4 is 10.2 Å². The van der Waals surface area contributed by atoms with Crippen LogP contribution in [0.4, 0.5) is 11.5 Å². The fraction of sp³-hybridized carbons (Fsp3) is 0.471. The first-order valence-electron chi connectivity index (χ1n) is 8.15. The van der Waals surface area contributed by atoms with E-state index >= 15 is 0 Å². The van der Waals surface area contributed by atoms with Crippen molar-refractivity contribution in [3.8, 4) is 0 Å². The van der Waals surface area contributed by atoms with Gasteiger partial charge in [-0.05, 0) is 26.0 Å². The molecule has 24 heavy (non-hydrogen) atoms. The minimum absolute atomic E-state index is 0.0200. The third-order valence-electron chi connectivity index (χ3n) is 3.82. The Bertz CT molecular complexity index is 650. The molecule has 0 aliphatic carbocycles. The van der Waals surface area contributed by atoms with Crippen LogP contribution in [-0.4, -0.2) is 41.2 Å². The summed E-state index contributed by atoms with van der Waals surface area (Å²) in [5, 5.41) is 5.78. The van der Waals surface area contributed by atoms with E-state index < -0.39 is 0 Å². The molecule has 1 fully saturated rings. The van der Waals surface area contributed by atoms with Crippen LogP contribution in [0.25, 0.3) is 0 Å². The third-order valence-corrected chi connectivity index (χ3v) is 4.66. The third kappa shape index (κ3) is 4.52. The number of amides is 1. The Kier molecular flexibility index (Phi) is 5.42. The lowest BCUT2D eigenvalue weighted by Gasteiger charge is -2.36. The number of rotatable bonds is 5. The Balaban J connectivity index is 1.53. The van der Waals surface area contributed by atoms with Crippen molar-refractivity contribution in [1.29, 1.82) is 0 Å². The van der Waals surface area contributed by atoms with Gasteiger partial charge < -0.3 is 15.0 Å². The molecule has 1 amide bonds. The van der Waals surface area contributed by atoms with Crippen molar-refractivity contribution >= 4 is 28.7 Å². The Hall–Kier alpha value is -1.99. The molecule has 6 nitrogen and oxygen atoms in total. The van der Waals surface area contributed by atoms with Gasteiger partial charge in [0.1, 0.15) is 5.82 Å². The molecule has 0 radical (unpaired) electrons. The van der Waals surface area contributed by atoms with E-state index in [-0.39, 0.29) is 18.1 Å². The van der Waals surface area contributed by atoms with Crippen LogP contribution in [0.1, 0.15) is 25.3 Å². The molecule has 1 N–H and O–H groups in total. The van der Waals surface area contributed by atoms with Crippen molar-refractivity contribution < 1.29 is 9.53 Å². The molecule has 1 saturated heterocycles. The number of morpholine rings is 1. The van der Waals surface area contributed by atoms with Crippen LogP contribution in [0.2, 0.25) is 0 Å². The molecular formula is C17H22N4O2S. The van der Waals surface area contributed by atoms with E-state index in [4.69, 9.17) is 4.74 Å². The van der Waals surface area contributed by atoms with Crippen LogP contribution >= 0.6 is 11.3 Å². The number of aromatic nitrogens is 2. The van der Waals surface area contributed by atoms with Gasteiger partial charge in [-0.1, -0.05) is 0 Å². The van der Waals surface area contributed by atoms with Crippen molar-refractivity contribution in [1.82, 2.24) is 9.97 Å². The molecule has 128 valence electrons. The number of nitrogens with zero attached hydrogens (tertiary/aromatic N) is 3. The molecule has 2 aromatic rings. The summed E-state index contributed by atoms with van der Waals surface area (Å²) in [6.07, 6.45) is 4.95. The first kappa shape index (κ1) is 16.9. The summed E-state index contributed by atoms with van der Waals surface area (Å²) in [6.45, 7) is 5.80. The molecule has 0 bridgehead atoms. The van der Waals surface area contributed by atoms with Crippen LogP contribution in [0.3, 0.4) is 0 Å². The Morgan fingerprint density at radius 2 is 2.12 bits per heavy atom. The summed E-state index contributed by atoms with van der Waals surface area (Å²) in [5.74, 6) is 0.895. The molecule has 0 spiro atoms. The van der Waals surface area contributed by atoms with Crippen molar-refractivity contribution in [2.24, 2.45) is 0 Å². The van der Waals surface area contributed by atoms with E-state index in [2.05, 4.69) is 34.0 Å². The smallest absolute Gasteiger partial charge is 0.224 e. The number of anilines is 2. The van der Waals surface area contributed by atoms with Crippen molar-refractivity contribution in [2.45, 2.75) is 38.9 Å². The number of pyridine rings is 1. The first-order chi connectivity index (χ1) is 11.6. The molecule has 2 aromatic heterocycles. The molecule has 3 heterocycles. The highest BCUT2D eigenvalue weighted by molar-refractivity contribution is 7.09. The second-order valence-electron chi connectivity index (χ2n) is 6.04. The van der Waals surface area contributed by atoms with E-state index in [1.165, 1.54) is 0 Å². The fourth-order valence-electron chi connectivity index (χ4n) is 2.83. The van der Waals surface area contributed by atoms with Gasteiger partial charge >= 0.3 is 0 Å². The van der Waals surface area contributed by atoms with E-state index in [1.54, 1.807) is 23.7 Å². The Morgan fingerprint density at radius 1 is 1.33 bits per heavy atom. The van der Waals surface area contributed by atoms with Crippen LogP contribution in [0.15, 0.2) is 29.9 Å². The van der Waals surface area contributed by atoms with Gasteiger partial charge in [-0.15, -0.1) is 11.3 Å². The van der Waals surface area contributed by atoms with Crippen molar-refractivity contribution in [3.63, 3.8) is 0 Å². The predicted octanol–water partition coefficient (Wildman–Crippen LogP) is 2.72. The lowest BCUT2D eigenvalue weighted by Crippen LogP contribution is -2.45. The number of carbonyl (C=O) groups excluding carboxylic acids is 1. The van der Waals surface area contributed by atoms with E-state index in [9.17, 15) is 4.79 Å². The molecule has 0 saturated carbocycles. The van der Waals surface area contributed by atoms with Gasteiger partial charge in [-0.2, -0.15) is 0 Å². The maximum absolute atomic E-state index is 12.0. The standard InChI is InChI=1S/C17H22N4O2S/c1-12-10-21(11-13(2)23-12)15-4-3-14(9-19-15)20-16(22)5-6-17-18-7-8-24-17/h3-4,7-9,12-13H,5-6,10-11H2,1-2H3,(H,20,22)/t12-,13-/m0/s1. The largest absolute Gasteiger partial charge is 0.372 e. The topological polar surface area (TPSA) is 67.4 Å². The molecule has 0 unspecified atom stereocenters. The molecule has 0 aromatic carbocycles. The number of carbonyl (C=O) groups is 1. The quantitative estimate of drug-likeness (QED) is 0.902. The molecule has 1 aliphatic heterocycles. The predicted molar refractivity (Wildman–Crippen MR) is 95.5 cm³/mol.